The van der Waals surface area contributed by atoms with Crippen LogP contribution < -0.4 is 0 Å². The fourth-order valence-corrected chi connectivity index (χ4v) is 2.61. The van der Waals surface area contributed by atoms with Crippen LogP contribution in [-0.4, -0.2) is 32.1 Å². The summed E-state index contributed by atoms with van der Waals surface area (Å²) in [6.45, 7) is 5.33. The lowest BCUT2D eigenvalue weighted by Gasteiger charge is -2.32. The van der Waals surface area contributed by atoms with Crippen molar-refractivity contribution in [2.75, 3.05) is 6.67 Å². The lowest BCUT2D eigenvalue weighted by molar-refractivity contribution is 0.0925. The highest BCUT2D eigenvalue weighted by molar-refractivity contribution is 5.43. The number of rotatable bonds is 7. The molecule has 1 N–H and O–H groups in total. The molecule has 26 heavy (non-hydrogen) atoms. The van der Waals surface area contributed by atoms with Crippen molar-refractivity contribution in [2.45, 2.75) is 45.8 Å². The molecule has 0 radical (unpaired) electrons. The molecular weight excluding hydrogens is 336 g/mol. The summed E-state index contributed by atoms with van der Waals surface area (Å²) in [7, 11) is 0. The molecule has 0 saturated heterocycles. The number of hydrogen-bond acceptors (Lipinski definition) is 3. The predicted molar refractivity (Wildman–Crippen MR) is 101 cm³/mol. The predicted octanol–water partition coefficient (Wildman–Crippen LogP) is 4.64. The maximum atomic E-state index is 13.9. The molecule has 4 nitrogen and oxygen atoms in total. The molecule has 0 fully saturated rings. The minimum atomic E-state index is -1.52. The molecule has 1 unspecified atom stereocenters. The van der Waals surface area contributed by atoms with Crippen molar-refractivity contribution >= 4 is 0 Å². The molecule has 2 rings (SSSR count). The number of hydrogen-bond donors (Lipinski definition) is 1. The Morgan fingerprint density at radius 1 is 1.35 bits per heavy atom. The van der Waals surface area contributed by atoms with Gasteiger partial charge in [-0.05, 0) is 23.6 Å². The summed E-state index contributed by atoms with van der Waals surface area (Å²) in [6.07, 6.45) is 14.4. The zero-order valence-electron chi connectivity index (χ0n) is 15.6. The summed E-state index contributed by atoms with van der Waals surface area (Å²) in [6, 6.07) is 0. The van der Waals surface area contributed by atoms with Gasteiger partial charge in [0.25, 0.3) is 0 Å². The van der Waals surface area contributed by atoms with Gasteiger partial charge in [-0.15, -0.1) is 0 Å². The van der Waals surface area contributed by atoms with Gasteiger partial charge >= 0.3 is 0 Å². The maximum Gasteiger partial charge on any atom is 0.137 e. The van der Waals surface area contributed by atoms with Gasteiger partial charge < -0.3 is 5.11 Å². The first-order valence-corrected chi connectivity index (χ1v) is 8.80. The van der Waals surface area contributed by atoms with Crippen LogP contribution in [0, 0.1) is 0 Å². The molecule has 0 aromatic carbocycles. The number of halogens is 2. The molecule has 0 aliphatic heterocycles. The second-order valence-corrected chi connectivity index (χ2v) is 5.44. The van der Waals surface area contributed by atoms with Crippen molar-refractivity contribution < 1.29 is 13.9 Å². The smallest absolute Gasteiger partial charge is 0.137 e. The number of nitrogens with zero attached hydrogens (tertiary/aromatic N) is 3. The highest BCUT2D eigenvalue weighted by Crippen LogP contribution is 2.34. The molecular formula is C20H27F2N3O. The number of alkyl halides is 1. The van der Waals surface area contributed by atoms with E-state index in [4.69, 9.17) is 0 Å². The molecule has 0 spiro atoms. The van der Waals surface area contributed by atoms with Gasteiger partial charge in [0.15, 0.2) is 0 Å². The Kier molecular flexibility index (Phi) is 9.44. The highest BCUT2D eigenvalue weighted by Gasteiger charge is 2.36. The molecule has 1 heterocycles. The van der Waals surface area contributed by atoms with E-state index < -0.39 is 12.3 Å². The van der Waals surface area contributed by atoms with Gasteiger partial charge in [-0.3, -0.25) is 0 Å². The van der Waals surface area contributed by atoms with Crippen LogP contribution in [-0.2, 0) is 6.54 Å². The van der Waals surface area contributed by atoms with E-state index >= 15 is 0 Å². The molecule has 1 atom stereocenters. The van der Waals surface area contributed by atoms with Crippen molar-refractivity contribution in [3.8, 4) is 0 Å². The molecule has 1 aromatic rings. The van der Waals surface area contributed by atoms with Crippen LogP contribution in [0.1, 0.15) is 33.6 Å². The minimum absolute atomic E-state index is 0.0251. The number of aromatic nitrogens is 3. The Labute approximate surface area is 154 Å². The van der Waals surface area contributed by atoms with Gasteiger partial charge in [0.2, 0.25) is 0 Å². The fraction of sp³-hybridized carbons (Fsp3) is 0.400. The summed E-state index contributed by atoms with van der Waals surface area (Å²) in [5.74, 6) is -0.350. The van der Waals surface area contributed by atoms with Crippen molar-refractivity contribution in [3.05, 3.63) is 72.2 Å². The van der Waals surface area contributed by atoms with Crippen LogP contribution in [0.15, 0.2) is 72.2 Å². The van der Waals surface area contributed by atoms with E-state index in [0.717, 1.165) is 0 Å². The topological polar surface area (TPSA) is 50.9 Å². The van der Waals surface area contributed by atoms with Crippen LogP contribution in [0.4, 0.5) is 8.78 Å². The summed E-state index contributed by atoms with van der Waals surface area (Å²) in [5.41, 5.74) is -0.536. The molecule has 0 saturated carbocycles. The first-order chi connectivity index (χ1) is 12.6. The maximum absolute atomic E-state index is 13.9. The molecule has 0 amide bonds. The number of aliphatic hydroxyl groups is 1. The summed E-state index contributed by atoms with van der Waals surface area (Å²) in [5, 5.41) is 15.5. The van der Waals surface area contributed by atoms with Crippen LogP contribution in [0.25, 0.3) is 0 Å². The lowest BCUT2D eigenvalue weighted by Crippen LogP contribution is -2.38. The van der Waals surface area contributed by atoms with Gasteiger partial charge in [-0.25, -0.2) is 18.4 Å². The summed E-state index contributed by atoms with van der Waals surface area (Å²) < 4.78 is 28.0. The molecule has 1 aliphatic carbocycles. The van der Waals surface area contributed by atoms with E-state index in [1.54, 1.807) is 24.3 Å². The Morgan fingerprint density at radius 2 is 2.08 bits per heavy atom. The molecule has 6 heteroatoms. The zero-order valence-corrected chi connectivity index (χ0v) is 15.6. The third kappa shape index (κ3) is 5.88. The van der Waals surface area contributed by atoms with Gasteiger partial charge in [-0.2, -0.15) is 5.10 Å². The quantitative estimate of drug-likeness (QED) is 0.718. The van der Waals surface area contributed by atoms with Gasteiger partial charge in [0.1, 0.15) is 30.8 Å². The van der Waals surface area contributed by atoms with Crippen molar-refractivity contribution in [3.63, 3.8) is 0 Å². The van der Waals surface area contributed by atoms with Crippen LogP contribution in [0.2, 0.25) is 0 Å². The van der Waals surface area contributed by atoms with Gasteiger partial charge in [-0.1, -0.05) is 57.2 Å². The largest absolute Gasteiger partial charge is 0.379 e. The average molecular weight is 363 g/mol. The first-order valence-electron chi connectivity index (χ1n) is 8.80. The third-order valence-corrected chi connectivity index (χ3v) is 3.72. The molecule has 0 bridgehead atoms. The SMILES string of the molecule is CC.CC/C=C(\C=C/CF)C(O)(Cn1cncn1)C1=CC=CC=C(F)C1. The van der Waals surface area contributed by atoms with E-state index in [0.29, 0.717) is 17.6 Å². The van der Waals surface area contributed by atoms with Crippen LogP contribution in [0.5, 0.6) is 0 Å². The summed E-state index contributed by atoms with van der Waals surface area (Å²) >= 11 is 0. The van der Waals surface area contributed by atoms with Gasteiger partial charge in [0.05, 0.1) is 6.54 Å². The Morgan fingerprint density at radius 3 is 2.69 bits per heavy atom. The second kappa shape index (κ2) is 11.3. The Balaban J connectivity index is 0.00000163. The minimum Gasteiger partial charge on any atom is -0.379 e. The second-order valence-electron chi connectivity index (χ2n) is 5.44. The van der Waals surface area contributed by atoms with E-state index in [2.05, 4.69) is 10.1 Å². The zero-order chi connectivity index (χ0) is 19.4. The van der Waals surface area contributed by atoms with E-state index in [1.807, 2.05) is 20.8 Å². The average Bonchev–Trinajstić information content (AvgIpc) is 3.05. The van der Waals surface area contributed by atoms with Crippen LogP contribution >= 0.6 is 0 Å². The summed E-state index contributed by atoms with van der Waals surface area (Å²) in [4.78, 5) is 3.88. The van der Waals surface area contributed by atoms with Crippen LogP contribution in [0.3, 0.4) is 0 Å². The van der Waals surface area contributed by atoms with E-state index in [1.165, 1.54) is 35.6 Å². The fourth-order valence-electron chi connectivity index (χ4n) is 2.61. The normalized spacial score (nSPS) is 17.1. The standard InChI is InChI=1S/C18H21F2N3O.C2H6/c1-2-6-15(8-5-10-19)18(24,12-23-14-21-13-22-23)16-7-3-4-9-17(20)11-16;1-2/h3-9,13-14,24H,2,10-12H2,1H3;1-2H3/b8-5-,15-6+;. The van der Waals surface area contributed by atoms with E-state index in [-0.39, 0.29) is 18.8 Å². The number of allylic oxidation sites excluding steroid dienone is 7. The Bertz CT molecular complexity index is 688. The lowest BCUT2D eigenvalue weighted by atomic mass is 9.82. The van der Waals surface area contributed by atoms with E-state index in [9.17, 15) is 13.9 Å². The Hall–Kier alpha value is -2.34. The first kappa shape index (κ1) is 21.7. The third-order valence-electron chi connectivity index (χ3n) is 3.72. The molecule has 142 valence electrons. The van der Waals surface area contributed by atoms with Crippen molar-refractivity contribution in [1.82, 2.24) is 14.8 Å². The van der Waals surface area contributed by atoms with Crippen molar-refractivity contribution in [2.24, 2.45) is 0 Å². The van der Waals surface area contributed by atoms with Gasteiger partial charge in [0, 0.05) is 6.42 Å². The molecule has 1 aromatic heterocycles. The monoisotopic (exact) mass is 363 g/mol. The van der Waals surface area contributed by atoms with Crippen molar-refractivity contribution in [1.29, 1.82) is 0 Å². The molecule has 1 aliphatic rings. The highest BCUT2D eigenvalue weighted by atomic mass is 19.1.